The first-order valence-electron chi connectivity index (χ1n) is 39.1. The Labute approximate surface area is 588 Å². The van der Waals surface area contributed by atoms with Crippen LogP contribution in [0.25, 0.3) is 0 Å². The fraction of sp³-hybridized carbons (Fsp3) is 0.933. The van der Waals surface area contributed by atoms with Crippen molar-refractivity contribution in [3.8, 4) is 0 Å². The predicted molar refractivity (Wildman–Crippen MR) is 375 cm³/mol. The Hall–Kier alpha value is -2.53. The van der Waals surface area contributed by atoms with Crippen molar-refractivity contribution in [3.63, 3.8) is 0 Å². The maximum Gasteiger partial charge on any atom is 0.364 e. The number of rotatable bonds is 61. The number of carboxylic acid groups (broad SMARTS) is 1. The number of aliphatic hydroxyl groups is 11. The minimum Gasteiger partial charge on any atom is -0.477 e. The number of hydrogen-bond donors (Lipinski definition) is 14. The number of aliphatic hydroxyl groups excluding tert-OH is 11. The summed E-state index contributed by atoms with van der Waals surface area (Å²) in [4.78, 5) is 38.7. The van der Waals surface area contributed by atoms with Crippen LogP contribution in [0, 0.1) is 0 Å². The van der Waals surface area contributed by atoms with Gasteiger partial charge in [-0.3, -0.25) is 9.59 Å². The molecule has 23 heteroatoms. The zero-order chi connectivity index (χ0) is 71.8. The number of hydrogen-bond acceptors (Lipinski definition) is 20. The Balaban J connectivity index is 1.55. The van der Waals surface area contributed by atoms with E-state index in [1.807, 2.05) is 6.08 Å². The van der Waals surface area contributed by atoms with E-state index in [2.05, 4.69) is 24.5 Å². The molecule has 0 aromatic carbocycles. The van der Waals surface area contributed by atoms with Crippen molar-refractivity contribution in [1.29, 1.82) is 0 Å². The van der Waals surface area contributed by atoms with Gasteiger partial charge in [0.05, 0.1) is 50.7 Å². The van der Waals surface area contributed by atoms with Crippen molar-refractivity contribution in [2.75, 3.05) is 26.4 Å². The average molecular weight is 1410 g/mol. The molecule has 3 aliphatic heterocycles. The van der Waals surface area contributed by atoms with Crippen LogP contribution in [-0.2, 0) is 42.8 Å². The lowest BCUT2D eigenvalue weighted by Crippen LogP contribution is -2.70. The lowest BCUT2D eigenvalue weighted by molar-refractivity contribution is -0.386. The number of carboxylic acids is 1. The molecule has 18 unspecified atom stereocenters. The summed E-state index contributed by atoms with van der Waals surface area (Å²) < 4.78 is 34.9. The van der Waals surface area contributed by atoms with Crippen LogP contribution in [0.1, 0.15) is 310 Å². The van der Waals surface area contributed by atoms with Gasteiger partial charge >= 0.3 is 5.97 Å². The number of nitrogens with one attached hydrogen (secondary N) is 2. The van der Waals surface area contributed by atoms with Gasteiger partial charge in [-0.05, 0) is 19.3 Å². The third kappa shape index (κ3) is 35.8. The standard InChI is InChI=1S/C75H140N2O21/c1-4-6-8-10-12-14-16-18-20-22-24-26-28-30-32-34-36-38-40-42-44-46-48-57(82)56(77-62(85)49-47-45-43-41-39-37-35-33-31-29-27-25-23-21-19-17-15-13-11-9-7-5-2)54-93-72-67(89)66(88)69(61(53-80)95-72)96-73-68(90)71(65(87)60(52-79)94-73)98-75(74(91)92)50-58(83)63(76-55(3)81)70(97-75)64(86)59(84)51-78/h46,48,56-61,63-73,78-80,82-84,86-90H,4-45,47,49-54H2,1-3H3,(H,76,81)(H,77,85)(H,91,92)/b48-46+. The second-order valence-corrected chi connectivity index (χ2v) is 28.6. The highest BCUT2D eigenvalue weighted by Crippen LogP contribution is 2.39. The Kier molecular flexibility index (Phi) is 50.4. The Bertz CT molecular complexity index is 2010. The highest BCUT2D eigenvalue weighted by Gasteiger charge is 2.60. The van der Waals surface area contributed by atoms with Crippen LogP contribution in [0.4, 0.5) is 0 Å². The summed E-state index contributed by atoms with van der Waals surface area (Å²) in [6, 6.07) is -2.62. The number of ether oxygens (including phenoxy) is 6. The van der Waals surface area contributed by atoms with Crippen molar-refractivity contribution in [1.82, 2.24) is 10.6 Å². The zero-order valence-corrected chi connectivity index (χ0v) is 60.7. The molecule has 0 saturated carbocycles. The number of carbonyl (C=O) groups is 3. The van der Waals surface area contributed by atoms with Crippen LogP contribution in [0.3, 0.4) is 0 Å². The van der Waals surface area contributed by atoms with Gasteiger partial charge in [0.2, 0.25) is 11.8 Å². The maximum atomic E-state index is 13.5. The van der Waals surface area contributed by atoms with E-state index in [1.54, 1.807) is 6.08 Å². The first-order valence-corrected chi connectivity index (χ1v) is 39.1. The first kappa shape index (κ1) is 89.7. The molecule has 0 aromatic heterocycles. The summed E-state index contributed by atoms with van der Waals surface area (Å²) in [6.07, 6.45) is 28.1. The van der Waals surface area contributed by atoms with Crippen LogP contribution in [0.5, 0.6) is 0 Å². The van der Waals surface area contributed by atoms with Crippen molar-refractivity contribution >= 4 is 17.8 Å². The van der Waals surface area contributed by atoms with Crippen molar-refractivity contribution in [3.05, 3.63) is 12.2 Å². The number of allylic oxidation sites excluding steroid dienone is 1. The van der Waals surface area contributed by atoms with Crippen molar-refractivity contribution in [2.45, 2.75) is 420 Å². The largest absolute Gasteiger partial charge is 0.477 e. The third-order valence-corrected chi connectivity index (χ3v) is 20.0. The minimum absolute atomic E-state index is 0.206. The fourth-order valence-electron chi connectivity index (χ4n) is 13.8. The molecular formula is C75H140N2O21. The highest BCUT2D eigenvalue weighted by atomic mass is 16.8. The molecule has 18 atom stereocenters. The molecule has 0 spiro atoms. The average Bonchev–Trinajstić information content (AvgIpc) is 0.755. The predicted octanol–water partition coefficient (Wildman–Crippen LogP) is 9.41. The summed E-state index contributed by atoms with van der Waals surface area (Å²) in [5.74, 6) is -6.13. The monoisotopic (exact) mass is 1400 g/mol. The van der Waals surface area contributed by atoms with E-state index in [4.69, 9.17) is 28.4 Å². The molecule has 23 nitrogen and oxygen atoms in total. The van der Waals surface area contributed by atoms with Gasteiger partial charge in [-0.15, -0.1) is 0 Å². The molecule has 2 amide bonds. The van der Waals surface area contributed by atoms with E-state index in [-0.39, 0.29) is 12.3 Å². The summed E-state index contributed by atoms with van der Waals surface area (Å²) in [5, 5.41) is 136. The number of carbonyl (C=O) groups excluding carboxylic acids is 2. The summed E-state index contributed by atoms with van der Waals surface area (Å²) in [5.41, 5.74) is 0. The molecule has 3 saturated heterocycles. The van der Waals surface area contributed by atoms with Gasteiger partial charge in [0.1, 0.15) is 67.1 Å². The van der Waals surface area contributed by atoms with Gasteiger partial charge in [-0.25, -0.2) is 4.79 Å². The van der Waals surface area contributed by atoms with Crippen LogP contribution in [0.2, 0.25) is 0 Å². The zero-order valence-electron chi connectivity index (χ0n) is 60.7. The lowest BCUT2D eigenvalue weighted by Gasteiger charge is -2.50. The van der Waals surface area contributed by atoms with Crippen LogP contribution < -0.4 is 10.6 Å². The molecule has 0 aromatic rings. The Morgan fingerprint density at radius 3 is 1.36 bits per heavy atom. The molecule has 576 valence electrons. The van der Waals surface area contributed by atoms with Gasteiger partial charge < -0.3 is 100 Å². The first-order chi connectivity index (χ1) is 47.4. The van der Waals surface area contributed by atoms with Crippen molar-refractivity contribution < 1.29 is 104 Å². The molecule has 0 bridgehead atoms. The fourth-order valence-corrected chi connectivity index (χ4v) is 13.8. The summed E-state index contributed by atoms with van der Waals surface area (Å²) in [7, 11) is 0. The molecule has 3 fully saturated rings. The van der Waals surface area contributed by atoms with Crippen LogP contribution in [-0.4, -0.2) is 215 Å². The van der Waals surface area contributed by atoms with E-state index < -0.39 is 155 Å². The molecule has 3 rings (SSSR count). The molecule has 3 aliphatic rings. The molecule has 14 N–H and O–H groups in total. The molecule has 0 radical (unpaired) electrons. The molecule has 98 heavy (non-hydrogen) atoms. The van der Waals surface area contributed by atoms with E-state index in [1.165, 1.54) is 218 Å². The third-order valence-electron chi connectivity index (χ3n) is 20.0. The number of unbranched alkanes of at least 4 members (excludes halogenated alkanes) is 41. The maximum absolute atomic E-state index is 13.5. The van der Waals surface area contributed by atoms with Gasteiger partial charge in [-0.1, -0.05) is 283 Å². The second-order valence-electron chi connectivity index (χ2n) is 28.6. The number of aliphatic carboxylic acids is 1. The minimum atomic E-state index is -3.08. The summed E-state index contributed by atoms with van der Waals surface area (Å²) >= 11 is 0. The summed E-state index contributed by atoms with van der Waals surface area (Å²) in [6.45, 7) is 2.19. The quantitative estimate of drug-likeness (QED) is 0.0199. The number of amides is 2. The lowest BCUT2D eigenvalue weighted by atomic mass is 9.88. The van der Waals surface area contributed by atoms with Gasteiger partial charge in [-0.2, -0.15) is 0 Å². The van der Waals surface area contributed by atoms with Gasteiger partial charge in [0.15, 0.2) is 12.6 Å². The van der Waals surface area contributed by atoms with E-state index in [0.717, 1.165) is 51.9 Å². The smallest absolute Gasteiger partial charge is 0.364 e. The molecule has 0 aliphatic carbocycles. The second kappa shape index (κ2) is 55.0. The van der Waals surface area contributed by atoms with Crippen LogP contribution in [0.15, 0.2) is 12.2 Å². The molecular weight excluding hydrogens is 1260 g/mol. The van der Waals surface area contributed by atoms with Gasteiger partial charge in [0.25, 0.3) is 5.79 Å². The Morgan fingerprint density at radius 1 is 0.531 bits per heavy atom. The Morgan fingerprint density at radius 2 is 0.949 bits per heavy atom. The topological polar surface area (TPSA) is 373 Å². The van der Waals surface area contributed by atoms with Crippen molar-refractivity contribution in [2.24, 2.45) is 0 Å². The normalized spacial score (nSPS) is 27.3. The molecule has 3 heterocycles. The van der Waals surface area contributed by atoms with E-state index in [9.17, 15) is 75.7 Å². The van der Waals surface area contributed by atoms with E-state index in [0.29, 0.717) is 12.8 Å². The SMILES string of the molecule is CCCCCCCCCCCCCCCCCCCCCC/C=C/C(O)C(COC1OC(CO)C(OC2OC(CO)C(O)C(OC3(C(=O)O)CC(O)C(NC(C)=O)C(C(O)C(O)CO)O3)C2O)C(O)C1O)NC(=O)CCCCCCCCCCCCCCCCCCCCCCCC. The van der Waals surface area contributed by atoms with Crippen LogP contribution >= 0.6 is 0 Å². The van der Waals surface area contributed by atoms with Gasteiger partial charge in [0, 0.05) is 19.8 Å². The highest BCUT2D eigenvalue weighted by molar-refractivity contribution is 5.77. The van der Waals surface area contributed by atoms with E-state index >= 15 is 0 Å².